The summed E-state index contributed by atoms with van der Waals surface area (Å²) in [6.07, 6.45) is 0. The second-order valence-corrected chi connectivity index (χ2v) is 4.26. The van der Waals surface area contributed by atoms with Crippen molar-refractivity contribution in [2.24, 2.45) is 0 Å². The molecular weight excluding hydrogens is 259 g/mol. The fraction of sp³-hybridized carbons (Fsp3) is 0. The van der Waals surface area contributed by atoms with Crippen LogP contribution in [0.15, 0.2) is 42.5 Å². The molecular formula is C10H7BF3KS. The first-order valence-corrected chi connectivity index (χ1v) is 5.24. The molecule has 0 N–H and O–H groups in total. The molecule has 6 heteroatoms. The Balaban J connectivity index is 0.00000128. The second kappa shape index (κ2) is 5.84. The molecule has 0 atom stereocenters. The molecule has 0 saturated carbocycles. The number of halogens is 3. The minimum Gasteiger partial charge on any atom is -0.444 e. The normalized spacial score (nSPS) is 10.9. The molecule has 0 bridgehead atoms. The van der Waals surface area contributed by atoms with Gasteiger partial charge >= 0.3 is 58.4 Å². The SMILES string of the molecule is F[B-](F)(F)c1ccc(-c2ccccc2)s1.[K+]. The van der Waals surface area contributed by atoms with Crippen molar-refractivity contribution in [3.63, 3.8) is 0 Å². The van der Waals surface area contributed by atoms with Crippen LogP contribution in [-0.4, -0.2) is 6.98 Å². The number of benzene rings is 1. The Hall–Kier alpha value is 0.411. The summed E-state index contributed by atoms with van der Waals surface area (Å²) in [6.45, 7) is -4.86. The third-order valence-electron chi connectivity index (χ3n) is 2.01. The van der Waals surface area contributed by atoms with Gasteiger partial charge in [-0.1, -0.05) is 41.2 Å². The van der Waals surface area contributed by atoms with Crippen LogP contribution in [0, 0.1) is 0 Å². The first kappa shape index (κ1) is 14.5. The van der Waals surface area contributed by atoms with Crippen LogP contribution in [0.3, 0.4) is 0 Å². The monoisotopic (exact) mass is 266 g/mol. The second-order valence-electron chi connectivity index (χ2n) is 3.14. The number of hydrogen-bond donors (Lipinski definition) is 0. The van der Waals surface area contributed by atoms with Gasteiger partial charge in [0.05, 0.1) is 0 Å². The van der Waals surface area contributed by atoms with E-state index in [1.807, 2.05) is 18.2 Å². The molecule has 0 aliphatic rings. The van der Waals surface area contributed by atoms with Crippen molar-refractivity contribution >= 4 is 23.1 Å². The maximum atomic E-state index is 12.4. The third kappa shape index (κ3) is 3.45. The van der Waals surface area contributed by atoms with E-state index in [2.05, 4.69) is 0 Å². The Morgan fingerprint density at radius 2 is 1.50 bits per heavy atom. The number of rotatable bonds is 2. The van der Waals surface area contributed by atoms with Crippen molar-refractivity contribution < 1.29 is 64.3 Å². The van der Waals surface area contributed by atoms with Crippen LogP contribution < -0.4 is 56.2 Å². The summed E-state index contributed by atoms with van der Waals surface area (Å²) in [7, 11) is 0. The van der Waals surface area contributed by atoms with Gasteiger partial charge in [0.25, 0.3) is 0 Å². The van der Waals surface area contributed by atoms with Gasteiger partial charge < -0.3 is 12.9 Å². The molecule has 78 valence electrons. The predicted molar refractivity (Wildman–Crippen MR) is 58.5 cm³/mol. The molecule has 0 radical (unpaired) electrons. The molecule has 0 fully saturated rings. The molecule has 2 aromatic rings. The average molecular weight is 266 g/mol. The molecule has 0 spiro atoms. The van der Waals surface area contributed by atoms with E-state index in [9.17, 15) is 12.9 Å². The summed E-state index contributed by atoms with van der Waals surface area (Å²) in [6, 6.07) is 11.7. The van der Waals surface area contributed by atoms with Crippen LogP contribution in [0.25, 0.3) is 10.4 Å². The average Bonchev–Trinajstić information content (AvgIpc) is 2.67. The standard InChI is InChI=1S/C10H7BF3S.K/c12-11(13,14)10-7-6-9(15-10)8-4-2-1-3-5-8;/h1-7H;/q-1;+1. The maximum absolute atomic E-state index is 12.4. The molecule has 2 rings (SSSR count). The van der Waals surface area contributed by atoms with Gasteiger partial charge in [-0.25, -0.2) is 0 Å². The van der Waals surface area contributed by atoms with Gasteiger partial charge in [0, 0.05) is 4.88 Å². The Morgan fingerprint density at radius 1 is 0.875 bits per heavy atom. The molecule has 0 saturated heterocycles. The maximum Gasteiger partial charge on any atom is 1.00 e. The van der Waals surface area contributed by atoms with E-state index in [0.29, 0.717) is 4.88 Å². The first-order valence-electron chi connectivity index (χ1n) is 4.42. The minimum absolute atomic E-state index is 0. The van der Waals surface area contributed by atoms with Crippen LogP contribution in [0.1, 0.15) is 0 Å². The van der Waals surface area contributed by atoms with E-state index in [0.717, 1.165) is 23.0 Å². The van der Waals surface area contributed by atoms with E-state index in [-0.39, 0.29) is 51.4 Å². The van der Waals surface area contributed by atoms with Gasteiger partial charge in [-0.15, -0.1) is 0 Å². The summed E-state index contributed by atoms with van der Waals surface area (Å²) in [5, 5.41) is 0. The molecule has 0 unspecified atom stereocenters. The fourth-order valence-electron chi connectivity index (χ4n) is 1.29. The first-order chi connectivity index (χ1) is 7.07. The topological polar surface area (TPSA) is 0 Å². The van der Waals surface area contributed by atoms with Crippen molar-refractivity contribution in [3.8, 4) is 10.4 Å². The van der Waals surface area contributed by atoms with E-state index < -0.39 is 11.8 Å². The zero-order valence-corrected chi connectivity index (χ0v) is 12.6. The van der Waals surface area contributed by atoms with Crippen molar-refractivity contribution in [1.82, 2.24) is 0 Å². The summed E-state index contributed by atoms with van der Waals surface area (Å²) >= 11 is 0.796. The molecule has 1 aromatic heterocycles. The van der Waals surface area contributed by atoms with Gasteiger partial charge in [-0.3, -0.25) is 0 Å². The van der Waals surface area contributed by atoms with Gasteiger partial charge in [-0.2, -0.15) is 11.3 Å². The smallest absolute Gasteiger partial charge is 0.444 e. The van der Waals surface area contributed by atoms with Crippen molar-refractivity contribution in [2.45, 2.75) is 0 Å². The Morgan fingerprint density at radius 3 is 2.00 bits per heavy atom. The Labute approximate surface area is 138 Å². The summed E-state index contributed by atoms with van der Waals surface area (Å²) < 4.78 is 36.7. The number of hydrogen-bond acceptors (Lipinski definition) is 1. The van der Waals surface area contributed by atoms with E-state index in [1.165, 1.54) is 6.07 Å². The Bertz CT molecular complexity index is 453. The zero-order valence-electron chi connectivity index (χ0n) is 8.66. The molecule has 0 aliphatic carbocycles. The third-order valence-corrected chi connectivity index (χ3v) is 3.24. The van der Waals surface area contributed by atoms with Crippen molar-refractivity contribution in [2.75, 3.05) is 0 Å². The molecule has 0 amide bonds. The van der Waals surface area contributed by atoms with Crippen LogP contribution in [0.2, 0.25) is 0 Å². The van der Waals surface area contributed by atoms with Gasteiger partial charge in [0.15, 0.2) is 0 Å². The largest absolute Gasteiger partial charge is 1.00 e. The quantitative estimate of drug-likeness (QED) is 0.693. The van der Waals surface area contributed by atoms with Crippen LogP contribution >= 0.6 is 11.3 Å². The van der Waals surface area contributed by atoms with Crippen molar-refractivity contribution in [3.05, 3.63) is 42.5 Å². The van der Waals surface area contributed by atoms with E-state index in [4.69, 9.17) is 0 Å². The van der Waals surface area contributed by atoms with Gasteiger partial charge in [0.2, 0.25) is 0 Å². The van der Waals surface area contributed by atoms with Gasteiger partial charge in [0.1, 0.15) is 0 Å². The van der Waals surface area contributed by atoms with Crippen LogP contribution in [-0.2, 0) is 0 Å². The summed E-state index contributed by atoms with van der Waals surface area (Å²) in [4.78, 5) is 0.657. The number of thiophene rings is 1. The molecule has 0 nitrogen and oxygen atoms in total. The molecule has 1 heterocycles. The summed E-state index contributed by atoms with van der Waals surface area (Å²) in [5.41, 5.74) is 0.828. The predicted octanol–water partition coefficient (Wildman–Crippen LogP) is 0.473. The van der Waals surface area contributed by atoms with E-state index in [1.54, 1.807) is 12.1 Å². The fourth-order valence-corrected chi connectivity index (χ4v) is 2.20. The molecule has 16 heavy (non-hydrogen) atoms. The van der Waals surface area contributed by atoms with Crippen LogP contribution in [0.4, 0.5) is 12.9 Å². The molecule has 0 aliphatic heterocycles. The minimum atomic E-state index is -4.86. The Kier molecular flexibility index (Phi) is 5.28. The van der Waals surface area contributed by atoms with Crippen LogP contribution in [0.5, 0.6) is 0 Å². The summed E-state index contributed by atoms with van der Waals surface area (Å²) in [5.74, 6) is 0. The van der Waals surface area contributed by atoms with E-state index >= 15 is 0 Å². The van der Waals surface area contributed by atoms with Crippen molar-refractivity contribution in [1.29, 1.82) is 0 Å². The van der Waals surface area contributed by atoms with Gasteiger partial charge in [-0.05, 0) is 11.6 Å². The molecule has 1 aromatic carbocycles. The zero-order chi connectivity index (χ0) is 10.9.